The van der Waals surface area contributed by atoms with Gasteiger partial charge in [-0.3, -0.25) is 9.89 Å². The molecule has 0 saturated carbocycles. The number of ketones is 1. The van der Waals surface area contributed by atoms with Crippen molar-refractivity contribution in [3.8, 4) is 39.6 Å². The number of rotatable bonds is 7. The number of carbonyl (C=O) groups is 1. The third-order valence-electron chi connectivity index (χ3n) is 4.57. The zero-order chi connectivity index (χ0) is 21.8. The van der Waals surface area contributed by atoms with E-state index in [0.717, 1.165) is 22.3 Å². The van der Waals surface area contributed by atoms with Crippen LogP contribution in [-0.2, 0) is 0 Å². The topological polar surface area (TPSA) is 77.1 Å². The predicted molar refractivity (Wildman–Crippen MR) is 110 cm³/mol. The average Bonchev–Trinajstić information content (AvgIpc) is 3.23. The van der Waals surface area contributed by atoms with Gasteiger partial charge in [-0.2, -0.15) is 8.78 Å². The second-order valence-corrected chi connectivity index (χ2v) is 6.65. The minimum atomic E-state index is -2.84. The molecule has 0 radical (unpaired) electrons. The van der Waals surface area contributed by atoms with Crippen LogP contribution in [0.5, 0.6) is 17.4 Å². The molecule has 0 atom stereocenters. The van der Waals surface area contributed by atoms with Gasteiger partial charge in [0.1, 0.15) is 11.5 Å². The van der Waals surface area contributed by atoms with E-state index in [1.54, 1.807) is 24.3 Å². The summed E-state index contributed by atoms with van der Waals surface area (Å²) in [5.74, 6) is 0.573. The van der Waals surface area contributed by atoms with E-state index in [1.165, 1.54) is 19.1 Å². The second-order valence-electron chi connectivity index (χ2n) is 6.65. The Balaban J connectivity index is 1.46. The van der Waals surface area contributed by atoms with Crippen molar-refractivity contribution in [2.24, 2.45) is 0 Å². The Morgan fingerprint density at radius 3 is 1.71 bits per heavy atom. The van der Waals surface area contributed by atoms with Gasteiger partial charge < -0.3 is 9.47 Å². The minimum absolute atomic E-state index is 0.124. The summed E-state index contributed by atoms with van der Waals surface area (Å²) in [6.45, 7) is -1.44. The number of benzene rings is 3. The lowest BCUT2D eigenvalue weighted by atomic mass is 10.0. The first-order valence-electron chi connectivity index (χ1n) is 9.35. The summed E-state index contributed by atoms with van der Waals surface area (Å²) in [5.41, 5.74) is 4.04. The molecule has 6 nitrogen and oxygen atoms in total. The molecular weight excluding hydrogens is 404 g/mol. The highest BCUT2D eigenvalue weighted by Crippen LogP contribution is 2.29. The summed E-state index contributed by atoms with van der Waals surface area (Å²) in [6, 6.07) is 21.7. The number of hydrogen-bond donors (Lipinski definition) is 1. The number of carbonyl (C=O) groups excluding carboxylic acids is 1. The van der Waals surface area contributed by atoms with Crippen molar-refractivity contribution in [1.29, 1.82) is 0 Å². The van der Waals surface area contributed by atoms with Gasteiger partial charge in [-0.25, -0.2) is 0 Å². The molecule has 0 saturated heterocycles. The normalized spacial score (nSPS) is 10.8. The average molecular weight is 421 g/mol. The molecule has 4 rings (SSSR count). The predicted octanol–water partition coefficient (Wildman–Crippen LogP) is 5.74. The molecule has 8 heteroatoms. The zero-order valence-corrected chi connectivity index (χ0v) is 16.4. The minimum Gasteiger partial charge on any atom is -0.436 e. The maximum absolute atomic E-state index is 12.3. The van der Waals surface area contributed by atoms with Gasteiger partial charge in [0.15, 0.2) is 11.5 Å². The Bertz CT molecular complexity index is 1170. The SMILES string of the molecule is CC(=O)c1[nH]nnc1Oc1ccc(-c2ccc(-c3ccc(OC(F)F)cc3)cc2)cc1. The molecule has 0 spiro atoms. The number of ether oxygens (including phenoxy) is 2. The van der Waals surface area contributed by atoms with Gasteiger partial charge in [0.2, 0.25) is 0 Å². The Hall–Kier alpha value is -4.07. The molecule has 156 valence electrons. The highest BCUT2D eigenvalue weighted by molar-refractivity contribution is 5.94. The zero-order valence-electron chi connectivity index (χ0n) is 16.4. The lowest BCUT2D eigenvalue weighted by Crippen LogP contribution is -2.01. The van der Waals surface area contributed by atoms with Crippen molar-refractivity contribution in [2.75, 3.05) is 0 Å². The molecule has 0 unspecified atom stereocenters. The molecule has 0 aliphatic carbocycles. The number of aromatic amines is 1. The number of halogens is 2. The first kappa shape index (κ1) is 20.2. The van der Waals surface area contributed by atoms with Crippen LogP contribution in [0.3, 0.4) is 0 Å². The van der Waals surface area contributed by atoms with Gasteiger partial charge >= 0.3 is 6.61 Å². The van der Waals surface area contributed by atoms with Crippen molar-refractivity contribution in [2.45, 2.75) is 13.5 Å². The van der Waals surface area contributed by atoms with Crippen LogP contribution < -0.4 is 9.47 Å². The maximum atomic E-state index is 12.3. The van der Waals surface area contributed by atoms with Crippen molar-refractivity contribution in [3.05, 3.63) is 78.5 Å². The summed E-state index contributed by atoms with van der Waals surface area (Å²) in [5, 5.41) is 9.89. The number of H-pyrrole nitrogens is 1. The summed E-state index contributed by atoms with van der Waals surface area (Å²) < 4.78 is 34.5. The second kappa shape index (κ2) is 8.74. The standard InChI is InChI=1S/C23H17F2N3O3/c1-14(29)21-22(27-28-26-21)30-19-10-6-17(7-11-19)15-2-4-16(5-3-15)18-8-12-20(13-9-18)31-23(24)25/h2-13,23H,1H3,(H,26,27,28). The van der Waals surface area contributed by atoms with E-state index >= 15 is 0 Å². The Labute approximate surface area is 176 Å². The van der Waals surface area contributed by atoms with Gasteiger partial charge in [0.05, 0.1) is 0 Å². The van der Waals surface area contributed by atoms with E-state index in [2.05, 4.69) is 20.1 Å². The third kappa shape index (κ3) is 4.75. The van der Waals surface area contributed by atoms with Crippen molar-refractivity contribution in [1.82, 2.24) is 15.4 Å². The quantitative estimate of drug-likeness (QED) is 0.385. The van der Waals surface area contributed by atoms with Crippen LogP contribution in [0.4, 0.5) is 8.78 Å². The first-order valence-corrected chi connectivity index (χ1v) is 9.35. The summed E-state index contributed by atoms with van der Waals surface area (Å²) in [6.07, 6.45) is 0. The Morgan fingerprint density at radius 1 is 0.806 bits per heavy atom. The molecule has 0 aliphatic rings. The van der Waals surface area contributed by atoms with Crippen LogP contribution in [0.15, 0.2) is 72.8 Å². The molecule has 0 bridgehead atoms. The van der Waals surface area contributed by atoms with Gasteiger partial charge in [-0.05, 0) is 46.5 Å². The van der Waals surface area contributed by atoms with Crippen molar-refractivity contribution < 1.29 is 23.0 Å². The Kier molecular flexibility index (Phi) is 5.70. The fourth-order valence-corrected chi connectivity index (χ4v) is 3.03. The molecule has 0 amide bonds. The van der Waals surface area contributed by atoms with Crippen LogP contribution in [0.25, 0.3) is 22.3 Å². The summed E-state index contributed by atoms with van der Waals surface area (Å²) >= 11 is 0. The molecule has 3 aromatic carbocycles. The highest BCUT2D eigenvalue weighted by atomic mass is 19.3. The summed E-state index contributed by atoms with van der Waals surface area (Å²) in [4.78, 5) is 11.5. The molecule has 1 heterocycles. The van der Waals surface area contributed by atoms with Gasteiger partial charge in [0.25, 0.3) is 5.88 Å². The summed E-state index contributed by atoms with van der Waals surface area (Å²) in [7, 11) is 0. The number of alkyl halides is 2. The maximum Gasteiger partial charge on any atom is 0.387 e. The smallest absolute Gasteiger partial charge is 0.387 e. The van der Waals surface area contributed by atoms with Crippen molar-refractivity contribution >= 4 is 5.78 Å². The first-order chi connectivity index (χ1) is 15.0. The third-order valence-corrected chi connectivity index (χ3v) is 4.57. The lowest BCUT2D eigenvalue weighted by Gasteiger charge is -2.08. The largest absolute Gasteiger partial charge is 0.436 e. The molecule has 1 aromatic heterocycles. The number of hydrogen-bond acceptors (Lipinski definition) is 5. The molecule has 0 fully saturated rings. The molecule has 1 N–H and O–H groups in total. The van der Waals surface area contributed by atoms with Crippen LogP contribution in [0.2, 0.25) is 0 Å². The lowest BCUT2D eigenvalue weighted by molar-refractivity contribution is -0.0498. The van der Waals surface area contributed by atoms with E-state index in [1.807, 2.05) is 36.4 Å². The molecule has 0 aliphatic heterocycles. The van der Waals surface area contributed by atoms with Crippen LogP contribution in [0.1, 0.15) is 17.4 Å². The molecule has 31 heavy (non-hydrogen) atoms. The van der Waals surface area contributed by atoms with E-state index in [-0.39, 0.29) is 23.1 Å². The highest BCUT2D eigenvalue weighted by Gasteiger charge is 2.13. The molecule has 4 aromatic rings. The van der Waals surface area contributed by atoms with E-state index < -0.39 is 6.61 Å². The van der Waals surface area contributed by atoms with E-state index in [9.17, 15) is 13.6 Å². The van der Waals surface area contributed by atoms with Crippen LogP contribution in [-0.4, -0.2) is 27.8 Å². The molecular formula is C23H17F2N3O3. The van der Waals surface area contributed by atoms with Gasteiger partial charge in [0, 0.05) is 6.92 Å². The van der Waals surface area contributed by atoms with Gasteiger partial charge in [-0.15, -0.1) is 0 Å². The van der Waals surface area contributed by atoms with E-state index in [4.69, 9.17) is 4.74 Å². The van der Waals surface area contributed by atoms with E-state index in [0.29, 0.717) is 5.75 Å². The van der Waals surface area contributed by atoms with Crippen molar-refractivity contribution in [3.63, 3.8) is 0 Å². The monoisotopic (exact) mass is 421 g/mol. The number of Topliss-reactive ketones (excluding diaryl/α,β-unsaturated/α-hetero) is 1. The van der Waals surface area contributed by atoms with Gasteiger partial charge in [-0.1, -0.05) is 58.8 Å². The fourth-order valence-electron chi connectivity index (χ4n) is 3.03. The fraction of sp³-hybridized carbons (Fsp3) is 0.0870. The number of nitrogens with one attached hydrogen (secondary N) is 1. The van der Waals surface area contributed by atoms with Crippen LogP contribution in [0, 0.1) is 0 Å². The number of nitrogens with zero attached hydrogens (tertiary/aromatic N) is 2. The van der Waals surface area contributed by atoms with Crippen LogP contribution >= 0.6 is 0 Å². The number of aromatic nitrogens is 3. The Morgan fingerprint density at radius 2 is 1.26 bits per heavy atom.